The van der Waals surface area contributed by atoms with Crippen LogP contribution >= 0.6 is 27.7 Å². The average Bonchev–Trinajstić information content (AvgIpc) is 3.24. The van der Waals surface area contributed by atoms with E-state index in [0.29, 0.717) is 56.1 Å². The van der Waals surface area contributed by atoms with Crippen molar-refractivity contribution in [1.82, 2.24) is 4.90 Å². The molecule has 1 saturated heterocycles. The van der Waals surface area contributed by atoms with Crippen molar-refractivity contribution in [3.63, 3.8) is 0 Å². The molecular formula is C29H28BrN3O6S. The number of hydrogen-bond acceptors (Lipinski definition) is 8. The van der Waals surface area contributed by atoms with Gasteiger partial charge in [-0.2, -0.15) is 0 Å². The largest absolute Gasteiger partial charge is 0.497 e. The van der Waals surface area contributed by atoms with Crippen LogP contribution in [0.25, 0.3) is 6.08 Å². The number of ether oxygens (including phenoxy) is 4. The second kappa shape index (κ2) is 14.0. The Kier molecular flexibility index (Phi) is 10.2. The number of carbonyl (C=O) groups excluding carboxylic acids is 2. The van der Waals surface area contributed by atoms with Crippen LogP contribution in [-0.4, -0.2) is 63.0 Å². The van der Waals surface area contributed by atoms with Crippen molar-refractivity contribution in [2.45, 2.75) is 0 Å². The Labute approximate surface area is 245 Å². The van der Waals surface area contributed by atoms with Crippen LogP contribution in [0.15, 0.2) is 81.1 Å². The molecule has 0 unspecified atom stereocenters. The predicted molar refractivity (Wildman–Crippen MR) is 161 cm³/mol. The first-order valence-electron chi connectivity index (χ1n) is 12.2. The summed E-state index contributed by atoms with van der Waals surface area (Å²) in [6.45, 7) is 0.516. The minimum atomic E-state index is -0.306. The maximum atomic E-state index is 13.3. The van der Waals surface area contributed by atoms with Crippen LogP contribution in [0.2, 0.25) is 0 Å². The highest BCUT2D eigenvalue weighted by molar-refractivity contribution is 9.10. The maximum absolute atomic E-state index is 13.3. The highest BCUT2D eigenvalue weighted by Crippen LogP contribution is 2.39. The molecule has 1 aliphatic heterocycles. The number of methoxy groups -OCH3 is 3. The topological polar surface area (TPSA) is 98.7 Å². The second-order valence-electron chi connectivity index (χ2n) is 8.39. The molecule has 0 radical (unpaired) electrons. The SMILES string of the molecule is COCCN1C(=O)/C(=C/c2cc(Br)c(OCC(=O)Nc3ccccc3)c(OC)c2)SC1=Nc1ccc(OC)cc1. The van der Waals surface area contributed by atoms with Crippen molar-refractivity contribution in [2.75, 3.05) is 46.4 Å². The monoisotopic (exact) mass is 625 g/mol. The van der Waals surface area contributed by atoms with E-state index in [1.807, 2.05) is 42.5 Å². The van der Waals surface area contributed by atoms with Crippen molar-refractivity contribution in [1.29, 1.82) is 0 Å². The number of nitrogens with one attached hydrogen (secondary N) is 1. The molecule has 0 spiro atoms. The quantitative estimate of drug-likeness (QED) is 0.272. The molecule has 208 valence electrons. The molecule has 2 amide bonds. The Morgan fingerprint density at radius 3 is 2.48 bits per heavy atom. The number of amidine groups is 1. The number of nitrogens with zero attached hydrogens (tertiary/aromatic N) is 2. The molecular weight excluding hydrogens is 598 g/mol. The Morgan fingerprint density at radius 1 is 1.05 bits per heavy atom. The van der Waals surface area contributed by atoms with Gasteiger partial charge in [0.05, 0.1) is 42.4 Å². The molecule has 1 aliphatic rings. The number of hydrogen-bond donors (Lipinski definition) is 1. The van der Waals surface area contributed by atoms with Crippen LogP contribution in [0.1, 0.15) is 5.56 Å². The molecule has 9 nitrogen and oxygen atoms in total. The molecule has 0 saturated carbocycles. The molecule has 3 aromatic rings. The Morgan fingerprint density at radius 2 is 1.80 bits per heavy atom. The van der Waals surface area contributed by atoms with Gasteiger partial charge < -0.3 is 24.3 Å². The smallest absolute Gasteiger partial charge is 0.266 e. The molecule has 1 fully saturated rings. The lowest BCUT2D eigenvalue weighted by atomic mass is 10.2. The fraction of sp³-hybridized carbons (Fsp3) is 0.207. The van der Waals surface area contributed by atoms with Crippen LogP contribution < -0.4 is 19.5 Å². The number of halogens is 1. The van der Waals surface area contributed by atoms with E-state index < -0.39 is 0 Å². The summed E-state index contributed by atoms with van der Waals surface area (Å²) in [4.78, 5) is 32.5. The zero-order chi connectivity index (χ0) is 28.5. The Bertz CT molecular complexity index is 1410. The van der Waals surface area contributed by atoms with Crippen molar-refractivity contribution in [3.05, 3.63) is 81.7 Å². The summed E-state index contributed by atoms with van der Waals surface area (Å²) in [5, 5.41) is 3.33. The highest BCUT2D eigenvalue weighted by Gasteiger charge is 2.33. The summed E-state index contributed by atoms with van der Waals surface area (Å²) in [6.07, 6.45) is 1.77. The minimum Gasteiger partial charge on any atom is -0.497 e. The van der Waals surface area contributed by atoms with Gasteiger partial charge in [-0.1, -0.05) is 18.2 Å². The van der Waals surface area contributed by atoms with Gasteiger partial charge in [-0.25, -0.2) is 4.99 Å². The molecule has 11 heteroatoms. The van der Waals surface area contributed by atoms with Crippen molar-refractivity contribution in [3.8, 4) is 17.2 Å². The van der Waals surface area contributed by atoms with Gasteiger partial charge in [0.2, 0.25) is 0 Å². The number of amides is 2. The van der Waals surface area contributed by atoms with Gasteiger partial charge in [0.1, 0.15) is 5.75 Å². The van der Waals surface area contributed by atoms with E-state index >= 15 is 0 Å². The Hall–Kier alpha value is -3.80. The molecule has 40 heavy (non-hydrogen) atoms. The van der Waals surface area contributed by atoms with Crippen LogP contribution in [0, 0.1) is 0 Å². The van der Waals surface area contributed by atoms with Crippen molar-refractivity contribution < 1.29 is 28.5 Å². The van der Waals surface area contributed by atoms with E-state index in [1.165, 1.54) is 18.9 Å². The first-order chi connectivity index (χ1) is 19.4. The van der Waals surface area contributed by atoms with Gasteiger partial charge in [0.25, 0.3) is 11.8 Å². The first-order valence-corrected chi connectivity index (χ1v) is 13.8. The van der Waals surface area contributed by atoms with Gasteiger partial charge in [-0.15, -0.1) is 0 Å². The van der Waals surface area contributed by atoms with E-state index in [0.717, 1.165) is 5.75 Å². The number of rotatable bonds is 11. The number of para-hydroxylation sites is 1. The third-order valence-electron chi connectivity index (χ3n) is 5.66. The second-order valence-corrected chi connectivity index (χ2v) is 10.3. The van der Waals surface area contributed by atoms with Gasteiger partial charge in [0.15, 0.2) is 23.3 Å². The lowest BCUT2D eigenvalue weighted by Crippen LogP contribution is -2.32. The van der Waals surface area contributed by atoms with Crippen LogP contribution in [0.4, 0.5) is 11.4 Å². The van der Waals surface area contributed by atoms with E-state index in [-0.39, 0.29) is 18.4 Å². The number of aliphatic imine (C=N–C) groups is 1. The number of carbonyl (C=O) groups is 2. The molecule has 3 aromatic carbocycles. The normalized spacial score (nSPS) is 15.0. The van der Waals surface area contributed by atoms with Gasteiger partial charge in [0, 0.05) is 12.8 Å². The van der Waals surface area contributed by atoms with E-state index in [9.17, 15) is 9.59 Å². The number of anilines is 1. The van der Waals surface area contributed by atoms with Gasteiger partial charge in [-0.3, -0.25) is 14.5 Å². The number of benzene rings is 3. The van der Waals surface area contributed by atoms with E-state index in [4.69, 9.17) is 18.9 Å². The van der Waals surface area contributed by atoms with Crippen molar-refractivity contribution >= 4 is 62.1 Å². The summed E-state index contributed by atoms with van der Waals surface area (Å²) in [5.74, 6) is 1.02. The molecule has 4 rings (SSSR count). The first kappa shape index (κ1) is 29.2. The number of thioether (sulfide) groups is 1. The Balaban J connectivity index is 1.54. The lowest BCUT2D eigenvalue weighted by molar-refractivity contribution is -0.122. The third-order valence-corrected chi connectivity index (χ3v) is 7.25. The molecule has 0 aromatic heterocycles. The van der Waals surface area contributed by atoms with Crippen LogP contribution in [0.3, 0.4) is 0 Å². The zero-order valence-electron chi connectivity index (χ0n) is 22.2. The summed E-state index contributed by atoms with van der Waals surface area (Å²) in [6, 6.07) is 20.0. The summed E-state index contributed by atoms with van der Waals surface area (Å²) in [7, 11) is 4.70. The minimum absolute atomic E-state index is 0.178. The average molecular weight is 627 g/mol. The van der Waals surface area contributed by atoms with E-state index in [1.54, 1.807) is 49.5 Å². The van der Waals surface area contributed by atoms with Gasteiger partial charge in [-0.05, 0) is 87.9 Å². The fourth-order valence-electron chi connectivity index (χ4n) is 3.71. The summed E-state index contributed by atoms with van der Waals surface area (Å²) in [5.41, 5.74) is 2.08. The third kappa shape index (κ3) is 7.44. The molecule has 0 bridgehead atoms. The maximum Gasteiger partial charge on any atom is 0.266 e. The van der Waals surface area contributed by atoms with Crippen LogP contribution in [0.5, 0.6) is 17.2 Å². The molecule has 0 atom stereocenters. The highest BCUT2D eigenvalue weighted by atomic mass is 79.9. The van der Waals surface area contributed by atoms with Crippen LogP contribution in [-0.2, 0) is 14.3 Å². The predicted octanol–water partition coefficient (Wildman–Crippen LogP) is 5.73. The van der Waals surface area contributed by atoms with E-state index in [2.05, 4.69) is 26.2 Å². The summed E-state index contributed by atoms with van der Waals surface area (Å²) >= 11 is 4.79. The molecule has 1 heterocycles. The lowest BCUT2D eigenvalue weighted by Gasteiger charge is -2.15. The standard InChI is InChI=1S/C29H28BrN3O6S/c1-36-14-13-33-28(35)25(40-29(33)32-21-9-11-22(37-2)12-10-21)17-19-15-23(30)27(24(16-19)38-3)39-18-26(34)31-20-7-5-4-6-8-20/h4-12,15-17H,13-14,18H2,1-3H3,(H,31,34)/b25-17-,32-29?. The fourth-order valence-corrected chi connectivity index (χ4v) is 5.31. The molecule has 1 N–H and O–H groups in total. The van der Waals surface area contributed by atoms with Crippen molar-refractivity contribution in [2.24, 2.45) is 4.99 Å². The van der Waals surface area contributed by atoms with Gasteiger partial charge >= 0.3 is 0 Å². The summed E-state index contributed by atoms with van der Waals surface area (Å²) < 4.78 is 22.3. The zero-order valence-corrected chi connectivity index (χ0v) is 24.6. The molecule has 0 aliphatic carbocycles.